The first kappa shape index (κ1) is 20.8. The van der Waals surface area contributed by atoms with E-state index in [-0.39, 0.29) is 6.10 Å². The molecule has 0 radical (unpaired) electrons. The summed E-state index contributed by atoms with van der Waals surface area (Å²) in [5.41, 5.74) is 3.67. The van der Waals surface area contributed by atoms with Crippen LogP contribution in [-0.4, -0.2) is 37.7 Å². The van der Waals surface area contributed by atoms with E-state index >= 15 is 0 Å². The molecule has 0 spiro atoms. The highest BCUT2D eigenvalue weighted by Gasteiger charge is 2.27. The fourth-order valence-corrected chi connectivity index (χ4v) is 4.41. The van der Waals surface area contributed by atoms with Gasteiger partial charge in [-0.25, -0.2) is 4.98 Å². The van der Waals surface area contributed by atoms with Gasteiger partial charge in [0.1, 0.15) is 0 Å². The number of aryl methyl sites for hydroxylation is 3. The topological polar surface area (TPSA) is 58.5 Å². The van der Waals surface area contributed by atoms with E-state index in [0.29, 0.717) is 5.92 Å². The number of nitrogens with one attached hydrogen (secondary N) is 2. The quantitative estimate of drug-likeness (QED) is 0.419. The largest absolute Gasteiger partial charge is 0.373 e. The van der Waals surface area contributed by atoms with Gasteiger partial charge in [-0.15, -0.1) is 11.3 Å². The van der Waals surface area contributed by atoms with Crippen LogP contribution in [0.3, 0.4) is 0 Å². The number of ether oxygens (including phenoxy) is 1. The van der Waals surface area contributed by atoms with E-state index in [1.54, 1.807) is 11.3 Å². The van der Waals surface area contributed by atoms with Crippen LogP contribution >= 0.6 is 11.3 Å². The van der Waals surface area contributed by atoms with Crippen molar-refractivity contribution in [3.8, 4) is 0 Å². The second-order valence-electron chi connectivity index (χ2n) is 7.47. The fraction of sp³-hybridized carbons (Fsp3) is 0.545. The monoisotopic (exact) mass is 400 g/mol. The molecule has 1 fully saturated rings. The molecule has 2 N–H and O–H groups in total. The molecular formula is C22H32N4OS. The van der Waals surface area contributed by atoms with Crippen LogP contribution in [0.2, 0.25) is 0 Å². The van der Waals surface area contributed by atoms with Crippen molar-refractivity contribution >= 4 is 17.3 Å². The number of hydrogen-bond acceptors (Lipinski definition) is 4. The molecule has 1 aliphatic heterocycles. The highest BCUT2D eigenvalue weighted by atomic mass is 32.1. The highest BCUT2D eigenvalue weighted by molar-refractivity contribution is 7.09. The number of benzene rings is 1. The molecule has 0 aliphatic carbocycles. The van der Waals surface area contributed by atoms with Crippen molar-refractivity contribution in [2.75, 3.05) is 26.7 Å². The lowest BCUT2D eigenvalue weighted by Crippen LogP contribution is -2.42. The van der Waals surface area contributed by atoms with E-state index in [9.17, 15) is 0 Å². The molecular weight excluding hydrogens is 368 g/mol. The smallest absolute Gasteiger partial charge is 0.190 e. The van der Waals surface area contributed by atoms with E-state index in [4.69, 9.17) is 4.74 Å². The van der Waals surface area contributed by atoms with Gasteiger partial charge in [-0.05, 0) is 38.7 Å². The first-order valence-electron chi connectivity index (χ1n) is 10.2. The third-order valence-electron chi connectivity index (χ3n) is 5.13. The Bertz CT molecular complexity index is 756. The first-order chi connectivity index (χ1) is 13.7. The van der Waals surface area contributed by atoms with Gasteiger partial charge in [0.2, 0.25) is 0 Å². The third kappa shape index (κ3) is 6.04. The Labute approximate surface area is 172 Å². The summed E-state index contributed by atoms with van der Waals surface area (Å²) in [5.74, 6) is 1.32. The van der Waals surface area contributed by atoms with Crippen molar-refractivity contribution in [3.05, 3.63) is 51.5 Å². The second kappa shape index (κ2) is 10.6. The molecule has 1 aliphatic rings. The van der Waals surface area contributed by atoms with Crippen molar-refractivity contribution in [2.24, 2.45) is 10.9 Å². The number of hydrogen-bond donors (Lipinski definition) is 2. The molecule has 28 heavy (non-hydrogen) atoms. The summed E-state index contributed by atoms with van der Waals surface area (Å²) in [4.78, 5) is 8.89. The molecule has 2 aromatic rings. The van der Waals surface area contributed by atoms with E-state index in [1.807, 2.05) is 14.0 Å². The maximum Gasteiger partial charge on any atom is 0.190 e. The zero-order valence-electron chi connectivity index (χ0n) is 17.2. The Kier molecular flexibility index (Phi) is 7.86. The number of thiazole rings is 1. The molecule has 5 nitrogen and oxygen atoms in total. The minimum absolute atomic E-state index is 0.160. The second-order valence-corrected chi connectivity index (χ2v) is 8.41. The average molecular weight is 401 g/mol. The summed E-state index contributed by atoms with van der Waals surface area (Å²) >= 11 is 1.74. The standard InChI is InChI=1S/C22H32N4OS/c1-16-8-10-18(11-9-16)21-19(6-5-13-27-21)14-25-22(23-3)24-12-4-7-20-26-17(2)15-28-20/h8-11,15,19,21H,4-7,12-14H2,1-3H3,(H2,23,24,25). The van der Waals surface area contributed by atoms with Gasteiger partial charge in [0.25, 0.3) is 0 Å². The highest BCUT2D eigenvalue weighted by Crippen LogP contribution is 2.33. The number of nitrogens with zero attached hydrogens (tertiary/aromatic N) is 2. The van der Waals surface area contributed by atoms with Gasteiger partial charge in [-0.2, -0.15) is 0 Å². The van der Waals surface area contributed by atoms with Crippen LogP contribution in [0.15, 0.2) is 34.6 Å². The van der Waals surface area contributed by atoms with Crippen LogP contribution in [0.1, 0.15) is 47.2 Å². The predicted molar refractivity (Wildman–Crippen MR) is 117 cm³/mol. The van der Waals surface area contributed by atoms with Crippen molar-refractivity contribution in [1.29, 1.82) is 0 Å². The molecule has 1 aromatic carbocycles. The molecule has 0 amide bonds. The summed E-state index contributed by atoms with van der Waals surface area (Å²) in [6, 6.07) is 8.74. The number of guanidine groups is 1. The molecule has 0 bridgehead atoms. The molecule has 6 heteroatoms. The van der Waals surface area contributed by atoms with Crippen LogP contribution in [0.4, 0.5) is 0 Å². The van der Waals surface area contributed by atoms with Gasteiger partial charge in [-0.1, -0.05) is 29.8 Å². The van der Waals surface area contributed by atoms with Gasteiger partial charge in [-0.3, -0.25) is 4.99 Å². The molecule has 1 aromatic heterocycles. The molecule has 0 saturated carbocycles. The summed E-state index contributed by atoms with van der Waals surface area (Å²) in [7, 11) is 1.83. The van der Waals surface area contributed by atoms with Gasteiger partial charge >= 0.3 is 0 Å². The van der Waals surface area contributed by atoms with Crippen LogP contribution in [-0.2, 0) is 11.2 Å². The zero-order chi connectivity index (χ0) is 19.8. The van der Waals surface area contributed by atoms with Crippen LogP contribution in [0.5, 0.6) is 0 Å². The van der Waals surface area contributed by atoms with E-state index in [0.717, 1.165) is 50.6 Å². The van der Waals surface area contributed by atoms with Crippen molar-refractivity contribution in [1.82, 2.24) is 15.6 Å². The number of aromatic nitrogens is 1. The van der Waals surface area contributed by atoms with Crippen molar-refractivity contribution in [3.63, 3.8) is 0 Å². The third-order valence-corrected chi connectivity index (χ3v) is 6.16. The van der Waals surface area contributed by atoms with Gasteiger partial charge in [0.15, 0.2) is 5.96 Å². The fourth-order valence-electron chi connectivity index (χ4n) is 3.59. The average Bonchev–Trinajstić information content (AvgIpc) is 3.13. The van der Waals surface area contributed by atoms with E-state index in [2.05, 4.69) is 57.2 Å². The van der Waals surface area contributed by atoms with Crippen LogP contribution in [0.25, 0.3) is 0 Å². The Morgan fingerprint density at radius 2 is 2.07 bits per heavy atom. The SMILES string of the molecule is CN=C(NCCCc1nc(C)cs1)NCC1CCCOC1c1ccc(C)cc1. The Balaban J connectivity index is 1.45. The van der Waals surface area contributed by atoms with Gasteiger partial charge in [0.05, 0.1) is 11.1 Å². The lowest BCUT2D eigenvalue weighted by molar-refractivity contribution is -0.0265. The summed E-state index contributed by atoms with van der Waals surface area (Å²) in [6.45, 7) is 6.77. The maximum absolute atomic E-state index is 6.13. The van der Waals surface area contributed by atoms with Crippen molar-refractivity contribution < 1.29 is 4.74 Å². The Hall–Kier alpha value is -1.92. The Morgan fingerprint density at radius 3 is 2.79 bits per heavy atom. The zero-order valence-corrected chi connectivity index (χ0v) is 18.0. The summed E-state index contributed by atoms with van der Waals surface area (Å²) in [6.07, 6.45) is 4.51. The molecule has 152 valence electrons. The van der Waals surface area contributed by atoms with Crippen LogP contribution < -0.4 is 10.6 Å². The predicted octanol–water partition coefficient (Wildman–Crippen LogP) is 4.03. The van der Waals surface area contributed by atoms with Crippen LogP contribution in [0, 0.1) is 19.8 Å². The normalized spacial score (nSPS) is 20.2. The minimum Gasteiger partial charge on any atom is -0.373 e. The minimum atomic E-state index is 0.160. The molecule has 2 atom stereocenters. The first-order valence-corrected chi connectivity index (χ1v) is 11.1. The summed E-state index contributed by atoms with van der Waals surface area (Å²) in [5, 5.41) is 10.2. The molecule has 1 saturated heterocycles. The summed E-state index contributed by atoms with van der Waals surface area (Å²) < 4.78 is 6.13. The number of rotatable bonds is 7. The van der Waals surface area contributed by atoms with Gasteiger partial charge < -0.3 is 15.4 Å². The molecule has 2 heterocycles. The van der Waals surface area contributed by atoms with E-state index in [1.165, 1.54) is 22.6 Å². The maximum atomic E-state index is 6.13. The molecule has 3 rings (SSSR count). The van der Waals surface area contributed by atoms with E-state index < -0.39 is 0 Å². The van der Waals surface area contributed by atoms with Crippen molar-refractivity contribution in [2.45, 2.75) is 45.6 Å². The Morgan fingerprint density at radius 1 is 1.25 bits per heavy atom. The molecule has 2 unspecified atom stereocenters. The number of aliphatic imine (C=N–C) groups is 1. The van der Waals surface area contributed by atoms with Gasteiger partial charge in [0, 0.05) is 50.2 Å². The lowest BCUT2D eigenvalue weighted by Gasteiger charge is -2.32. The lowest BCUT2D eigenvalue weighted by atomic mass is 9.89.